The highest BCUT2D eigenvalue weighted by molar-refractivity contribution is 5.91. The van der Waals surface area contributed by atoms with Gasteiger partial charge in [-0.2, -0.15) is 0 Å². The summed E-state index contributed by atoms with van der Waals surface area (Å²) in [5, 5.41) is 53.5. The number of likely N-dealkylation sites (N-methyl/N-ethyl adjacent to an activating group) is 1. The summed E-state index contributed by atoms with van der Waals surface area (Å²) in [6, 6.07) is -0.179. The molecule has 0 aromatic rings. The van der Waals surface area contributed by atoms with Crippen LogP contribution in [0, 0.1) is 17.8 Å². The maximum atomic E-state index is 13.2. The van der Waals surface area contributed by atoms with E-state index in [4.69, 9.17) is 23.7 Å². The number of esters is 1. The quantitative estimate of drug-likeness (QED) is 0.242. The lowest BCUT2D eigenvalue weighted by molar-refractivity contribution is -0.302. The minimum absolute atomic E-state index is 0.144. The van der Waals surface area contributed by atoms with E-state index >= 15 is 0 Å². The third kappa shape index (κ3) is 10.3. The number of hydrogen-bond donors (Lipinski definition) is 5. The zero-order chi connectivity index (χ0) is 35.9. The Morgan fingerprint density at radius 3 is 2.23 bits per heavy atom. The number of carbonyl (C=O) groups excluding carboxylic acids is 2. The van der Waals surface area contributed by atoms with E-state index < -0.39 is 79.4 Å². The number of aliphatic hydroxyl groups is 5. The van der Waals surface area contributed by atoms with Gasteiger partial charge in [0.25, 0.3) is 0 Å². The maximum absolute atomic E-state index is 13.2. The lowest BCUT2D eigenvalue weighted by Crippen LogP contribution is -2.58. The van der Waals surface area contributed by atoms with Crippen molar-refractivity contribution < 1.29 is 58.8 Å². The van der Waals surface area contributed by atoms with Gasteiger partial charge in [-0.05, 0) is 65.3 Å². The van der Waals surface area contributed by atoms with E-state index in [0.29, 0.717) is 12.8 Å². The van der Waals surface area contributed by atoms with Crippen LogP contribution in [0.15, 0.2) is 36.5 Å². The lowest BCUT2D eigenvalue weighted by atomic mass is 9.84. The van der Waals surface area contributed by atoms with Gasteiger partial charge in [0.1, 0.15) is 36.1 Å². The molecule has 0 aromatic carbocycles. The van der Waals surface area contributed by atoms with Crippen LogP contribution in [0.4, 0.5) is 0 Å². The molecule has 3 aliphatic rings. The average molecular weight is 684 g/mol. The molecule has 274 valence electrons. The monoisotopic (exact) mass is 683 g/mol. The highest BCUT2D eigenvalue weighted by atomic mass is 16.7. The van der Waals surface area contributed by atoms with Crippen LogP contribution >= 0.6 is 0 Å². The number of carbonyl (C=O) groups is 2. The van der Waals surface area contributed by atoms with Crippen LogP contribution in [0.5, 0.6) is 0 Å². The van der Waals surface area contributed by atoms with Crippen molar-refractivity contribution in [1.82, 2.24) is 4.90 Å². The Morgan fingerprint density at radius 2 is 1.58 bits per heavy atom. The molecule has 13 heteroatoms. The Hall–Kier alpha value is -2.04. The standard InChI is InChI=1S/C35H57NO12/c1-9-26-35(43,18-44-33-31(42)30(41)28(39)23(6)46-33)15-11-10-12-25(37)20(3)16-21(4)32(19(2)13-14-27(38)47-26)48-34-29(40)24(36(7)8)17-22(5)45-34/h10-15,19-24,26,28-34,39-43H,9,16-18H2,1-8H3/t19-,20+,21+,22+,23?,24?,26+,28-,29?,30-,31-,32+,33+,34-,35-/m0/s1. The average Bonchev–Trinajstić information content (AvgIpc) is 3.03. The van der Waals surface area contributed by atoms with Crippen molar-refractivity contribution in [3.8, 4) is 0 Å². The van der Waals surface area contributed by atoms with Gasteiger partial charge >= 0.3 is 5.97 Å². The van der Waals surface area contributed by atoms with E-state index in [2.05, 4.69) is 0 Å². The number of ether oxygens (including phenoxy) is 5. The fourth-order valence-corrected chi connectivity index (χ4v) is 6.60. The molecule has 0 bridgehead atoms. The fraction of sp³-hybridized carbons (Fsp3) is 0.771. The summed E-state index contributed by atoms with van der Waals surface area (Å²) >= 11 is 0. The molecule has 0 spiro atoms. The minimum atomic E-state index is -1.94. The summed E-state index contributed by atoms with van der Waals surface area (Å²) < 4.78 is 29.4. The Morgan fingerprint density at radius 1 is 0.896 bits per heavy atom. The predicted octanol–water partition coefficient (Wildman–Crippen LogP) is 1.24. The molecule has 0 aliphatic carbocycles. The van der Waals surface area contributed by atoms with Crippen LogP contribution in [0.25, 0.3) is 0 Å². The zero-order valence-electron chi connectivity index (χ0n) is 29.4. The van der Waals surface area contributed by atoms with Gasteiger partial charge < -0.3 is 54.1 Å². The van der Waals surface area contributed by atoms with Crippen LogP contribution in [-0.2, 0) is 33.3 Å². The summed E-state index contributed by atoms with van der Waals surface area (Å²) in [6.45, 7) is 10.3. The first-order valence-electron chi connectivity index (χ1n) is 17.0. The molecule has 48 heavy (non-hydrogen) atoms. The molecular formula is C35H57NO12. The summed E-state index contributed by atoms with van der Waals surface area (Å²) in [7, 11) is 3.79. The van der Waals surface area contributed by atoms with E-state index in [9.17, 15) is 35.1 Å². The predicted molar refractivity (Wildman–Crippen MR) is 175 cm³/mol. The fourth-order valence-electron chi connectivity index (χ4n) is 6.60. The molecule has 2 fully saturated rings. The minimum Gasteiger partial charge on any atom is -0.456 e. The van der Waals surface area contributed by atoms with Crippen molar-refractivity contribution >= 4 is 11.8 Å². The van der Waals surface area contributed by atoms with Gasteiger partial charge in [0.05, 0.1) is 24.9 Å². The van der Waals surface area contributed by atoms with Crippen LogP contribution < -0.4 is 0 Å². The molecule has 0 amide bonds. The number of rotatable bonds is 7. The van der Waals surface area contributed by atoms with Crippen LogP contribution in [-0.4, -0.2) is 136 Å². The molecule has 0 radical (unpaired) electrons. The van der Waals surface area contributed by atoms with Gasteiger partial charge in [-0.25, -0.2) is 4.79 Å². The van der Waals surface area contributed by atoms with Crippen LogP contribution in [0.1, 0.15) is 60.8 Å². The molecule has 2 saturated heterocycles. The van der Waals surface area contributed by atoms with Gasteiger partial charge in [0, 0.05) is 24.0 Å². The van der Waals surface area contributed by atoms with Crippen molar-refractivity contribution in [2.24, 2.45) is 17.8 Å². The first-order valence-corrected chi connectivity index (χ1v) is 17.0. The van der Waals surface area contributed by atoms with E-state index in [1.54, 1.807) is 13.0 Å². The van der Waals surface area contributed by atoms with Crippen molar-refractivity contribution in [2.45, 2.75) is 134 Å². The van der Waals surface area contributed by atoms with E-state index in [1.807, 2.05) is 46.7 Å². The second kappa shape index (κ2) is 17.8. The molecule has 15 atom stereocenters. The normalized spacial score (nSPS) is 43.8. The second-order valence-corrected chi connectivity index (χ2v) is 13.9. The summed E-state index contributed by atoms with van der Waals surface area (Å²) in [6.07, 6.45) is -0.557. The maximum Gasteiger partial charge on any atom is 0.330 e. The Bertz CT molecular complexity index is 1140. The van der Waals surface area contributed by atoms with Gasteiger partial charge in [-0.3, -0.25) is 4.79 Å². The Balaban J connectivity index is 1.88. The number of aliphatic hydroxyl groups excluding tert-OH is 4. The molecular weight excluding hydrogens is 626 g/mol. The highest BCUT2D eigenvalue weighted by Crippen LogP contribution is 2.32. The smallest absolute Gasteiger partial charge is 0.330 e. The highest BCUT2D eigenvalue weighted by Gasteiger charge is 2.45. The Labute approximate surface area is 284 Å². The molecule has 0 aromatic heterocycles. The van der Waals surface area contributed by atoms with Gasteiger partial charge in [0.2, 0.25) is 0 Å². The topological polar surface area (TPSA) is 185 Å². The van der Waals surface area contributed by atoms with Gasteiger partial charge in [-0.1, -0.05) is 45.9 Å². The summed E-state index contributed by atoms with van der Waals surface area (Å²) in [4.78, 5) is 28.2. The van der Waals surface area contributed by atoms with E-state index in [1.165, 1.54) is 37.3 Å². The molecule has 3 aliphatic heterocycles. The number of allylic oxidation sites excluding steroid dienone is 3. The van der Waals surface area contributed by atoms with Crippen LogP contribution in [0.3, 0.4) is 0 Å². The largest absolute Gasteiger partial charge is 0.456 e. The third-order valence-electron chi connectivity index (χ3n) is 9.62. The number of cyclic esters (lactones) is 1. The number of ketones is 1. The first kappa shape index (κ1) is 40.4. The third-order valence-corrected chi connectivity index (χ3v) is 9.62. The molecule has 0 saturated carbocycles. The van der Waals surface area contributed by atoms with Gasteiger partial charge in [0.15, 0.2) is 18.4 Å². The molecule has 3 rings (SSSR count). The van der Waals surface area contributed by atoms with E-state index in [0.717, 1.165) is 0 Å². The van der Waals surface area contributed by atoms with Crippen molar-refractivity contribution in [3.63, 3.8) is 0 Å². The molecule has 13 nitrogen and oxygen atoms in total. The second-order valence-electron chi connectivity index (χ2n) is 13.9. The van der Waals surface area contributed by atoms with Crippen molar-refractivity contribution in [2.75, 3.05) is 20.7 Å². The SMILES string of the molecule is CC[C@H]1OC(=O)C=C[C@H](C)[C@@H](O[C@@H]2O[C@H](C)CC(N(C)C)C2O)[C@H](C)C[C@@H](C)C(=O)C=CC=C[C@]1(O)CO[C@@H]1OC(C)[C@H](O)[C@H](O)[C@@H]1O. The van der Waals surface area contributed by atoms with Gasteiger partial charge in [-0.15, -0.1) is 0 Å². The molecule has 5 N–H and O–H groups in total. The summed E-state index contributed by atoms with van der Waals surface area (Å²) in [5.41, 5.74) is -1.94. The molecule has 3 unspecified atom stereocenters. The number of hydrogen-bond acceptors (Lipinski definition) is 13. The zero-order valence-corrected chi connectivity index (χ0v) is 29.4. The van der Waals surface area contributed by atoms with Crippen molar-refractivity contribution in [3.05, 3.63) is 36.5 Å². The summed E-state index contributed by atoms with van der Waals surface area (Å²) in [5.74, 6) is -1.81. The van der Waals surface area contributed by atoms with E-state index in [-0.39, 0.29) is 36.2 Å². The lowest BCUT2D eigenvalue weighted by Gasteiger charge is -2.43. The van der Waals surface area contributed by atoms with Crippen LogP contribution in [0.2, 0.25) is 0 Å². The molecule has 3 heterocycles. The Kier molecular flexibility index (Phi) is 14.9. The first-order chi connectivity index (χ1) is 22.5. The number of nitrogens with zero attached hydrogens (tertiary/aromatic N) is 1. The van der Waals surface area contributed by atoms with Crippen molar-refractivity contribution in [1.29, 1.82) is 0 Å².